The van der Waals surface area contributed by atoms with Crippen LogP contribution in [0.4, 0.5) is 8.78 Å². The van der Waals surface area contributed by atoms with Gasteiger partial charge in [0.2, 0.25) is 0 Å². The van der Waals surface area contributed by atoms with Crippen LogP contribution in [0.2, 0.25) is 0 Å². The Labute approximate surface area is 186 Å². The average molecular weight is 440 g/mol. The van der Waals surface area contributed by atoms with Gasteiger partial charge in [0, 0.05) is 38.0 Å². The second kappa shape index (κ2) is 9.20. The van der Waals surface area contributed by atoms with Gasteiger partial charge in [-0.3, -0.25) is 9.48 Å². The summed E-state index contributed by atoms with van der Waals surface area (Å²) in [5.74, 6) is -1.21. The van der Waals surface area contributed by atoms with E-state index in [-0.39, 0.29) is 18.1 Å². The van der Waals surface area contributed by atoms with Gasteiger partial charge in [0.05, 0.1) is 17.9 Å². The van der Waals surface area contributed by atoms with Crippen molar-refractivity contribution < 1.29 is 18.3 Å². The minimum absolute atomic E-state index is 0.00720. The van der Waals surface area contributed by atoms with Crippen molar-refractivity contribution in [3.05, 3.63) is 77.1 Å². The zero-order valence-electron chi connectivity index (χ0n) is 18.5. The molecule has 7 heteroatoms. The molecule has 0 aliphatic carbocycles. The Morgan fingerprint density at radius 2 is 1.84 bits per heavy atom. The normalized spacial score (nSPS) is 18.5. The molecule has 0 spiro atoms. The van der Waals surface area contributed by atoms with E-state index in [9.17, 15) is 13.6 Å². The summed E-state index contributed by atoms with van der Waals surface area (Å²) in [5.41, 5.74) is 3.69. The molecule has 0 N–H and O–H groups in total. The number of nitrogens with zero attached hydrogens (tertiary/aromatic N) is 3. The number of carbonyl (C=O) groups is 1. The molecule has 1 amide bonds. The van der Waals surface area contributed by atoms with E-state index in [0.717, 1.165) is 29.3 Å². The highest BCUT2D eigenvalue weighted by molar-refractivity contribution is 5.95. The van der Waals surface area contributed by atoms with E-state index in [1.165, 1.54) is 12.1 Å². The van der Waals surface area contributed by atoms with Crippen molar-refractivity contribution in [3.8, 4) is 11.1 Å². The SMILES string of the molecule is CCN(C(=O)c1cnn(C)c1C)[C@H]1CCO[C@@H](c2ccc(-c3cc(F)cc(F)c3)cc2)C1. The van der Waals surface area contributed by atoms with E-state index in [1.807, 2.05) is 50.1 Å². The first-order valence-electron chi connectivity index (χ1n) is 10.8. The van der Waals surface area contributed by atoms with Crippen molar-refractivity contribution in [2.45, 2.75) is 38.8 Å². The lowest BCUT2D eigenvalue weighted by molar-refractivity contribution is -0.0231. The fourth-order valence-electron chi connectivity index (χ4n) is 4.34. The van der Waals surface area contributed by atoms with Crippen molar-refractivity contribution in [3.63, 3.8) is 0 Å². The lowest BCUT2D eigenvalue weighted by atomic mass is 9.94. The molecule has 0 saturated carbocycles. The van der Waals surface area contributed by atoms with Gasteiger partial charge in [-0.05, 0) is 55.5 Å². The third-order valence-electron chi connectivity index (χ3n) is 6.24. The fraction of sp³-hybridized carbons (Fsp3) is 0.360. The molecule has 5 nitrogen and oxygen atoms in total. The Morgan fingerprint density at radius 1 is 1.16 bits per heavy atom. The number of aryl methyl sites for hydroxylation is 1. The number of ether oxygens (including phenoxy) is 1. The highest BCUT2D eigenvalue weighted by atomic mass is 19.1. The van der Waals surface area contributed by atoms with Crippen molar-refractivity contribution in [2.24, 2.45) is 7.05 Å². The van der Waals surface area contributed by atoms with Gasteiger partial charge in [0.25, 0.3) is 5.91 Å². The number of halogens is 2. The monoisotopic (exact) mass is 439 g/mol. The van der Waals surface area contributed by atoms with Gasteiger partial charge in [0.15, 0.2) is 0 Å². The lowest BCUT2D eigenvalue weighted by Crippen LogP contribution is -2.44. The molecule has 168 valence electrons. The number of hydrogen-bond donors (Lipinski definition) is 0. The first-order valence-corrected chi connectivity index (χ1v) is 10.8. The molecule has 2 aromatic carbocycles. The standard InChI is InChI=1S/C25H27F2N3O2/c1-4-30(25(31)23-15-28-29(3)16(23)2)22-9-10-32-24(14-22)18-7-5-17(6-8-18)19-11-20(26)13-21(27)12-19/h5-8,11-13,15,22,24H,4,9-10,14H2,1-3H3/t22-,24+/m0/s1. The van der Waals surface area contributed by atoms with Crippen molar-refractivity contribution in [2.75, 3.05) is 13.2 Å². The van der Waals surface area contributed by atoms with Gasteiger partial charge in [-0.1, -0.05) is 24.3 Å². The smallest absolute Gasteiger partial charge is 0.257 e. The van der Waals surface area contributed by atoms with Crippen LogP contribution in [0.3, 0.4) is 0 Å². The Balaban J connectivity index is 1.50. The molecule has 0 bridgehead atoms. The number of benzene rings is 2. The van der Waals surface area contributed by atoms with Crippen LogP contribution in [0.25, 0.3) is 11.1 Å². The van der Waals surface area contributed by atoms with Gasteiger partial charge < -0.3 is 9.64 Å². The maximum Gasteiger partial charge on any atom is 0.257 e. The quantitative estimate of drug-likeness (QED) is 0.559. The third kappa shape index (κ3) is 4.43. The summed E-state index contributed by atoms with van der Waals surface area (Å²) < 4.78 is 34.8. The van der Waals surface area contributed by atoms with Gasteiger partial charge >= 0.3 is 0 Å². The predicted octanol–water partition coefficient (Wildman–Crippen LogP) is 5.06. The Morgan fingerprint density at radius 3 is 2.44 bits per heavy atom. The summed E-state index contributed by atoms with van der Waals surface area (Å²) >= 11 is 0. The topological polar surface area (TPSA) is 47.4 Å². The van der Waals surface area contributed by atoms with Crippen molar-refractivity contribution >= 4 is 5.91 Å². The maximum absolute atomic E-state index is 13.6. The lowest BCUT2D eigenvalue weighted by Gasteiger charge is -2.37. The zero-order valence-corrected chi connectivity index (χ0v) is 18.5. The molecule has 1 saturated heterocycles. The highest BCUT2D eigenvalue weighted by Crippen LogP contribution is 2.33. The van der Waals surface area contributed by atoms with E-state index in [2.05, 4.69) is 5.10 Å². The number of carbonyl (C=O) groups excluding carboxylic acids is 1. The molecule has 3 aromatic rings. The molecule has 32 heavy (non-hydrogen) atoms. The highest BCUT2D eigenvalue weighted by Gasteiger charge is 2.31. The second-order valence-electron chi connectivity index (χ2n) is 8.18. The first-order chi connectivity index (χ1) is 15.4. The van der Waals surface area contributed by atoms with E-state index in [4.69, 9.17) is 4.74 Å². The molecule has 0 radical (unpaired) electrons. The minimum Gasteiger partial charge on any atom is -0.373 e. The second-order valence-corrected chi connectivity index (χ2v) is 8.18. The fourth-order valence-corrected chi connectivity index (χ4v) is 4.34. The van der Waals surface area contributed by atoms with Crippen LogP contribution in [0.15, 0.2) is 48.7 Å². The third-order valence-corrected chi connectivity index (χ3v) is 6.24. The number of aromatic nitrogens is 2. The molecule has 1 aliphatic rings. The zero-order chi connectivity index (χ0) is 22.8. The molecule has 1 aliphatic heterocycles. The number of hydrogen-bond acceptors (Lipinski definition) is 3. The molecular weight excluding hydrogens is 412 g/mol. The molecule has 4 rings (SSSR count). The summed E-state index contributed by atoms with van der Waals surface area (Å²) in [6, 6.07) is 11.1. The van der Waals surface area contributed by atoms with E-state index >= 15 is 0 Å². The molecule has 0 unspecified atom stereocenters. The van der Waals surface area contributed by atoms with Gasteiger partial charge in [0.1, 0.15) is 11.6 Å². The summed E-state index contributed by atoms with van der Waals surface area (Å²) in [4.78, 5) is 15.1. The molecule has 1 fully saturated rings. The van der Waals surface area contributed by atoms with Crippen LogP contribution in [-0.2, 0) is 11.8 Å². The van der Waals surface area contributed by atoms with Gasteiger partial charge in [-0.2, -0.15) is 5.10 Å². The van der Waals surface area contributed by atoms with Crippen molar-refractivity contribution in [1.29, 1.82) is 0 Å². The Bertz CT molecular complexity index is 1090. The predicted molar refractivity (Wildman–Crippen MR) is 118 cm³/mol. The van der Waals surface area contributed by atoms with Crippen LogP contribution in [-0.4, -0.2) is 39.8 Å². The molecule has 2 atom stereocenters. The van der Waals surface area contributed by atoms with Crippen molar-refractivity contribution in [1.82, 2.24) is 14.7 Å². The van der Waals surface area contributed by atoms with E-state index in [1.54, 1.807) is 10.9 Å². The van der Waals surface area contributed by atoms with Gasteiger partial charge in [-0.15, -0.1) is 0 Å². The van der Waals surface area contributed by atoms with Crippen LogP contribution < -0.4 is 0 Å². The van der Waals surface area contributed by atoms with E-state index < -0.39 is 11.6 Å². The number of amides is 1. The van der Waals surface area contributed by atoms with Crippen LogP contribution in [0.5, 0.6) is 0 Å². The summed E-state index contributed by atoms with van der Waals surface area (Å²) in [6.45, 7) is 5.05. The molecule has 1 aromatic heterocycles. The Hall–Kier alpha value is -3.06. The maximum atomic E-state index is 13.6. The average Bonchev–Trinajstić information content (AvgIpc) is 3.12. The number of rotatable bonds is 5. The van der Waals surface area contributed by atoms with E-state index in [0.29, 0.717) is 30.7 Å². The summed E-state index contributed by atoms with van der Waals surface area (Å²) in [6.07, 6.45) is 2.94. The van der Waals surface area contributed by atoms with Crippen LogP contribution >= 0.6 is 0 Å². The minimum atomic E-state index is -0.601. The first kappa shape index (κ1) is 22.1. The largest absolute Gasteiger partial charge is 0.373 e. The summed E-state index contributed by atoms with van der Waals surface area (Å²) in [7, 11) is 1.83. The Kier molecular flexibility index (Phi) is 6.37. The van der Waals surface area contributed by atoms with Crippen LogP contribution in [0, 0.1) is 18.6 Å². The summed E-state index contributed by atoms with van der Waals surface area (Å²) in [5, 5.41) is 4.20. The molecule has 2 heterocycles. The molecular formula is C25H27F2N3O2. The van der Waals surface area contributed by atoms with Crippen LogP contribution in [0.1, 0.15) is 47.5 Å². The van der Waals surface area contributed by atoms with Gasteiger partial charge in [-0.25, -0.2) is 8.78 Å².